The highest BCUT2D eigenvalue weighted by molar-refractivity contribution is 7.17. The molecule has 0 radical (unpaired) electrons. The summed E-state index contributed by atoms with van der Waals surface area (Å²) >= 11 is 1.59. The molecule has 0 spiro atoms. The lowest BCUT2D eigenvalue weighted by atomic mass is 10.1. The maximum Gasteiger partial charge on any atom is 0.246 e. The van der Waals surface area contributed by atoms with Gasteiger partial charge in [-0.2, -0.15) is 0 Å². The van der Waals surface area contributed by atoms with E-state index in [1.54, 1.807) is 11.3 Å². The summed E-state index contributed by atoms with van der Waals surface area (Å²) in [5.41, 5.74) is 1.87. The number of ether oxygens (including phenoxy) is 1. The fourth-order valence-electron chi connectivity index (χ4n) is 2.46. The maximum atomic E-state index is 11.8. The molecule has 1 heterocycles. The molecule has 1 atom stereocenters. The summed E-state index contributed by atoms with van der Waals surface area (Å²) in [7, 11) is 0. The number of fused-ring (bicyclic) bond motifs is 1. The van der Waals surface area contributed by atoms with Gasteiger partial charge in [-0.1, -0.05) is 48.5 Å². The van der Waals surface area contributed by atoms with Crippen molar-refractivity contribution in [2.45, 2.75) is 12.7 Å². The van der Waals surface area contributed by atoms with Crippen LogP contribution in [0.25, 0.3) is 10.1 Å². The molecule has 5 heteroatoms. The van der Waals surface area contributed by atoms with Gasteiger partial charge in [0.15, 0.2) is 0 Å². The molecular formula is C19H19NO3S. The van der Waals surface area contributed by atoms with Gasteiger partial charge in [0.05, 0.1) is 12.7 Å². The van der Waals surface area contributed by atoms with Crippen molar-refractivity contribution in [1.82, 2.24) is 5.32 Å². The summed E-state index contributed by atoms with van der Waals surface area (Å²) in [5.74, 6) is -0.232. The molecule has 2 aromatic carbocycles. The van der Waals surface area contributed by atoms with Crippen molar-refractivity contribution >= 4 is 27.3 Å². The fraction of sp³-hybridized carbons (Fsp3) is 0.211. The minimum atomic E-state index is -0.723. The van der Waals surface area contributed by atoms with Gasteiger partial charge in [0.1, 0.15) is 6.61 Å². The number of aliphatic hydroxyl groups excluding tert-OH is 1. The minimum Gasteiger partial charge on any atom is -0.387 e. The molecule has 3 rings (SSSR count). The smallest absolute Gasteiger partial charge is 0.246 e. The van der Waals surface area contributed by atoms with Crippen LogP contribution in [-0.2, 0) is 16.1 Å². The SMILES string of the molecule is O=C(COCc1ccccc1)NCC(O)c1csc2ccccc12. The number of carbonyl (C=O) groups is 1. The molecule has 1 amide bonds. The Morgan fingerprint density at radius 3 is 2.71 bits per heavy atom. The highest BCUT2D eigenvalue weighted by Gasteiger charge is 2.14. The Balaban J connectivity index is 1.45. The van der Waals surface area contributed by atoms with E-state index in [1.165, 1.54) is 0 Å². The summed E-state index contributed by atoms with van der Waals surface area (Å²) in [5, 5.41) is 16.0. The minimum absolute atomic E-state index is 0.0218. The van der Waals surface area contributed by atoms with Crippen LogP contribution in [0.5, 0.6) is 0 Å². The average Bonchev–Trinajstić information content (AvgIpc) is 3.05. The number of hydrogen-bond acceptors (Lipinski definition) is 4. The second kappa shape index (κ2) is 8.06. The predicted octanol–water partition coefficient (Wildman–Crippen LogP) is 3.27. The van der Waals surface area contributed by atoms with Crippen molar-refractivity contribution in [3.8, 4) is 0 Å². The number of aliphatic hydroxyl groups is 1. The summed E-state index contributed by atoms with van der Waals surface area (Å²) in [6, 6.07) is 17.6. The Kier molecular flexibility index (Phi) is 5.59. The molecule has 0 bridgehead atoms. The molecule has 1 aromatic heterocycles. The molecule has 2 N–H and O–H groups in total. The molecule has 4 nitrogen and oxygen atoms in total. The molecule has 0 fully saturated rings. The number of thiophene rings is 1. The number of hydrogen-bond donors (Lipinski definition) is 2. The first-order valence-corrected chi connectivity index (χ1v) is 8.64. The van der Waals surface area contributed by atoms with Crippen LogP contribution in [0.4, 0.5) is 0 Å². The third-order valence-corrected chi connectivity index (χ3v) is 4.69. The van der Waals surface area contributed by atoms with Gasteiger partial charge in [0.2, 0.25) is 5.91 Å². The van der Waals surface area contributed by atoms with Gasteiger partial charge in [0.25, 0.3) is 0 Å². The van der Waals surface area contributed by atoms with Gasteiger partial charge in [-0.15, -0.1) is 11.3 Å². The van der Waals surface area contributed by atoms with Crippen LogP contribution in [0.15, 0.2) is 60.0 Å². The number of rotatable bonds is 7. The Morgan fingerprint density at radius 2 is 1.88 bits per heavy atom. The molecule has 1 unspecified atom stereocenters. The first kappa shape index (κ1) is 16.6. The maximum absolute atomic E-state index is 11.8. The van der Waals surface area contributed by atoms with Gasteiger partial charge >= 0.3 is 0 Å². The molecule has 0 saturated carbocycles. The van der Waals surface area contributed by atoms with E-state index in [2.05, 4.69) is 5.32 Å². The van der Waals surface area contributed by atoms with Crippen molar-refractivity contribution < 1.29 is 14.6 Å². The molecule has 3 aromatic rings. The zero-order chi connectivity index (χ0) is 16.8. The van der Waals surface area contributed by atoms with Gasteiger partial charge in [-0.3, -0.25) is 4.79 Å². The van der Waals surface area contributed by atoms with E-state index >= 15 is 0 Å². The highest BCUT2D eigenvalue weighted by atomic mass is 32.1. The van der Waals surface area contributed by atoms with E-state index in [0.29, 0.717) is 6.61 Å². The molecule has 0 aliphatic carbocycles. The zero-order valence-corrected chi connectivity index (χ0v) is 14.0. The van der Waals surface area contributed by atoms with Crippen molar-refractivity contribution in [3.05, 3.63) is 71.1 Å². The van der Waals surface area contributed by atoms with Crippen LogP contribution in [0.1, 0.15) is 17.2 Å². The summed E-state index contributed by atoms with van der Waals surface area (Å²) < 4.78 is 6.51. The largest absolute Gasteiger partial charge is 0.387 e. The first-order valence-electron chi connectivity index (χ1n) is 7.76. The van der Waals surface area contributed by atoms with Crippen LogP contribution in [-0.4, -0.2) is 24.2 Å². The number of amides is 1. The molecular weight excluding hydrogens is 322 g/mol. The van der Waals surface area contributed by atoms with Crippen LogP contribution >= 0.6 is 11.3 Å². The second-order valence-corrected chi connectivity index (χ2v) is 6.40. The normalized spacial score (nSPS) is 12.2. The molecule has 0 aliphatic rings. The lowest BCUT2D eigenvalue weighted by molar-refractivity contribution is -0.126. The quantitative estimate of drug-likeness (QED) is 0.693. The fourth-order valence-corrected chi connectivity index (χ4v) is 3.47. The monoisotopic (exact) mass is 341 g/mol. The van der Waals surface area contributed by atoms with Crippen molar-refractivity contribution in [2.75, 3.05) is 13.2 Å². The highest BCUT2D eigenvalue weighted by Crippen LogP contribution is 2.29. The summed E-state index contributed by atoms with van der Waals surface area (Å²) in [6.07, 6.45) is -0.723. The van der Waals surface area contributed by atoms with Crippen LogP contribution in [0.2, 0.25) is 0 Å². The lowest BCUT2D eigenvalue weighted by Crippen LogP contribution is -2.31. The Bertz CT molecular complexity index is 800. The van der Waals surface area contributed by atoms with Crippen LogP contribution in [0.3, 0.4) is 0 Å². The topological polar surface area (TPSA) is 58.6 Å². The molecule has 0 saturated heterocycles. The Labute approximate surface area is 144 Å². The Morgan fingerprint density at radius 1 is 1.12 bits per heavy atom. The van der Waals surface area contributed by atoms with Crippen molar-refractivity contribution in [2.24, 2.45) is 0 Å². The molecule has 0 aliphatic heterocycles. The van der Waals surface area contributed by atoms with E-state index in [4.69, 9.17) is 4.74 Å². The standard InChI is InChI=1S/C19H19NO3S/c21-17(16-13-24-18-9-5-4-8-15(16)18)10-20-19(22)12-23-11-14-6-2-1-3-7-14/h1-9,13,17,21H,10-12H2,(H,20,22). The number of carbonyl (C=O) groups excluding carboxylic acids is 1. The van der Waals surface area contributed by atoms with E-state index in [1.807, 2.05) is 60.0 Å². The Hall–Kier alpha value is -2.21. The number of nitrogens with one attached hydrogen (secondary N) is 1. The predicted molar refractivity (Wildman–Crippen MR) is 95.9 cm³/mol. The van der Waals surface area contributed by atoms with E-state index in [0.717, 1.165) is 21.2 Å². The van der Waals surface area contributed by atoms with Crippen molar-refractivity contribution in [3.63, 3.8) is 0 Å². The zero-order valence-electron chi connectivity index (χ0n) is 13.1. The van der Waals surface area contributed by atoms with Crippen LogP contribution < -0.4 is 5.32 Å². The third kappa shape index (κ3) is 4.20. The van der Waals surface area contributed by atoms with E-state index in [-0.39, 0.29) is 19.1 Å². The second-order valence-electron chi connectivity index (χ2n) is 5.49. The van der Waals surface area contributed by atoms with Crippen LogP contribution in [0, 0.1) is 0 Å². The summed E-state index contributed by atoms with van der Waals surface area (Å²) in [4.78, 5) is 11.8. The lowest BCUT2D eigenvalue weighted by Gasteiger charge is -2.12. The van der Waals surface area contributed by atoms with Gasteiger partial charge in [-0.25, -0.2) is 0 Å². The third-order valence-electron chi connectivity index (χ3n) is 3.71. The average molecular weight is 341 g/mol. The summed E-state index contributed by atoms with van der Waals surface area (Å²) in [6.45, 7) is 0.548. The number of benzene rings is 2. The van der Waals surface area contributed by atoms with E-state index in [9.17, 15) is 9.90 Å². The van der Waals surface area contributed by atoms with Crippen molar-refractivity contribution in [1.29, 1.82) is 0 Å². The first-order chi connectivity index (χ1) is 11.7. The molecule has 24 heavy (non-hydrogen) atoms. The van der Waals surface area contributed by atoms with Gasteiger partial charge in [-0.05, 0) is 22.4 Å². The van der Waals surface area contributed by atoms with Gasteiger partial charge < -0.3 is 15.2 Å². The molecule has 124 valence electrons. The van der Waals surface area contributed by atoms with Gasteiger partial charge in [0, 0.05) is 16.8 Å². The van der Waals surface area contributed by atoms with E-state index < -0.39 is 6.10 Å².